The number of likely N-dealkylation sites (N-methyl/N-ethyl adjacent to an activating group) is 1. The zero-order valence-electron chi connectivity index (χ0n) is 22.8. The lowest BCUT2D eigenvalue weighted by Gasteiger charge is -2.26. The molecular formula is C29H31F3N6O3. The lowest BCUT2D eigenvalue weighted by molar-refractivity contribution is -0.137. The van der Waals surface area contributed by atoms with E-state index in [1.165, 1.54) is 18.2 Å². The first-order valence-corrected chi connectivity index (χ1v) is 13.2. The van der Waals surface area contributed by atoms with Crippen LogP contribution in [0.15, 0.2) is 48.6 Å². The maximum Gasteiger partial charge on any atom is 0.416 e. The van der Waals surface area contributed by atoms with E-state index in [0.717, 1.165) is 31.0 Å². The Balaban J connectivity index is 1.76. The molecule has 2 heterocycles. The minimum atomic E-state index is -4.62. The zero-order chi connectivity index (χ0) is 29.7. The van der Waals surface area contributed by atoms with E-state index in [0.29, 0.717) is 36.1 Å². The molecule has 2 aromatic carbocycles. The van der Waals surface area contributed by atoms with E-state index in [9.17, 15) is 33.1 Å². The number of alkyl halides is 3. The second kappa shape index (κ2) is 12.5. The highest BCUT2D eigenvalue weighted by Gasteiger charge is 2.32. The average Bonchev–Trinajstić information content (AvgIpc) is 3.11. The Morgan fingerprint density at radius 2 is 2.02 bits per heavy atom. The molecule has 216 valence electrons. The van der Waals surface area contributed by atoms with E-state index in [-0.39, 0.29) is 36.1 Å². The Kier molecular flexibility index (Phi) is 9.10. The first kappa shape index (κ1) is 29.8. The van der Waals surface area contributed by atoms with E-state index in [2.05, 4.69) is 16.4 Å². The predicted molar refractivity (Wildman–Crippen MR) is 147 cm³/mol. The van der Waals surface area contributed by atoms with Gasteiger partial charge in [0.15, 0.2) is 0 Å². The third-order valence-corrected chi connectivity index (χ3v) is 6.88. The molecule has 1 unspecified atom stereocenters. The maximum atomic E-state index is 13.3. The monoisotopic (exact) mass is 568 g/mol. The van der Waals surface area contributed by atoms with Crippen molar-refractivity contribution in [1.82, 2.24) is 19.4 Å². The van der Waals surface area contributed by atoms with Crippen molar-refractivity contribution in [2.75, 3.05) is 39.0 Å². The second-order valence-corrected chi connectivity index (χ2v) is 10.2. The molecule has 1 aliphatic heterocycles. The number of likely N-dealkylation sites (tertiary alicyclic amines) is 1. The van der Waals surface area contributed by atoms with Crippen LogP contribution in [0, 0.1) is 11.3 Å². The first-order chi connectivity index (χ1) is 19.5. The summed E-state index contributed by atoms with van der Waals surface area (Å²) < 4.78 is 41.5. The van der Waals surface area contributed by atoms with Gasteiger partial charge in [-0.3, -0.25) is 14.9 Å². The van der Waals surface area contributed by atoms with Crippen LogP contribution >= 0.6 is 0 Å². The summed E-state index contributed by atoms with van der Waals surface area (Å²) in [6.45, 7) is 1.06. The van der Waals surface area contributed by atoms with Crippen molar-refractivity contribution in [2.24, 2.45) is 0 Å². The van der Waals surface area contributed by atoms with Gasteiger partial charge in [-0.25, -0.2) is 4.98 Å². The van der Waals surface area contributed by atoms with Crippen LogP contribution in [0.4, 0.5) is 19.1 Å². The number of aliphatic hydroxyl groups excluding tert-OH is 1. The molecule has 2 amide bonds. The third-order valence-electron chi connectivity index (χ3n) is 6.88. The predicted octanol–water partition coefficient (Wildman–Crippen LogP) is 4.34. The molecule has 1 aliphatic rings. The van der Waals surface area contributed by atoms with Crippen molar-refractivity contribution < 1.29 is 27.9 Å². The van der Waals surface area contributed by atoms with Gasteiger partial charge in [-0.05, 0) is 69.3 Å². The minimum absolute atomic E-state index is 0.0384. The summed E-state index contributed by atoms with van der Waals surface area (Å²) in [5.74, 6) is -0.932. The molecule has 0 spiro atoms. The summed E-state index contributed by atoms with van der Waals surface area (Å²) in [7, 11) is 3.79. The molecule has 4 rings (SSSR count). The number of hydrogen-bond acceptors (Lipinski definition) is 6. The molecule has 2 N–H and O–H groups in total. The number of amides is 2. The number of nitrogens with one attached hydrogen (secondary N) is 1. The second-order valence-electron chi connectivity index (χ2n) is 10.2. The first-order valence-electron chi connectivity index (χ1n) is 13.2. The highest BCUT2D eigenvalue weighted by Crippen LogP contribution is 2.34. The molecular weight excluding hydrogens is 537 g/mol. The van der Waals surface area contributed by atoms with Crippen LogP contribution in [0.3, 0.4) is 0 Å². The Hall–Kier alpha value is -4.21. The van der Waals surface area contributed by atoms with E-state index in [1.807, 2.05) is 19.0 Å². The quantitative estimate of drug-likeness (QED) is 0.410. The smallest absolute Gasteiger partial charge is 0.392 e. The number of aromatic nitrogens is 2. The number of benzene rings is 2. The number of aliphatic hydroxyl groups is 1. The number of fused-ring (bicyclic) bond motifs is 1. The van der Waals surface area contributed by atoms with Crippen LogP contribution in [0.5, 0.6) is 0 Å². The maximum absolute atomic E-state index is 13.3. The van der Waals surface area contributed by atoms with Gasteiger partial charge in [-0.15, -0.1) is 0 Å². The van der Waals surface area contributed by atoms with Crippen LogP contribution in [-0.4, -0.2) is 70.0 Å². The summed E-state index contributed by atoms with van der Waals surface area (Å²) in [5.41, 5.74) is 0.230. The molecule has 12 heteroatoms. The minimum Gasteiger partial charge on any atom is -0.392 e. The molecule has 1 aromatic heterocycles. The Morgan fingerprint density at radius 3 is 2.71 bits per heavy atom. The number of carbonyl (C=O) groups excluding carboxylic acids is 2. The van der Waals surface area contributed by atoms with Gasteiger partial charge in [0.2, 0.25) is 11.9 Å². The van der Waals surface area contributed by atoms with E-state index < -0.39 is 23.7 Å². The summed E-state index contributed by atoms with van der Waals surface area (Å²) in [5, 5.41) is 22.3. The Bertz CT molecular complexity index is 1510. The Morgan fingerprint density at radius 1 is 1.24 bits per heavy atom. The number of anilines is 1. The average molecular weight is 569 g/mol. The van der Waals surface area contributed by atoms with Crippen molar-refractivity contribution in [3.8, 4) is 6.07 Å². The molecule has 0 aliphatic carbocycles. The third kappa shape index (κ3) is 6.93. The highest BCUT2D eigenvalue weighted by molar-refractivity contribution is 6.04. The number of nitriles is 1. The summed E-state index contributed by atoms with van der Waals surface area (Å²) >= 11 is 0. The lowest BCUT2D eigenvalue weighted by atomic mass is 10.1. The summed E-state index contributed by atoms with van der Waals surface area (Å²) in [4.78, 5) is 34.4. The molecule has 41 heavy (non-hydrogen) atoms. The number of rotatable bonds is 7. The molecule has 0 radical (unpaired) electrons. The van der Waals surface area contributed by atoms with Crippen LogP contribution in [0.25, 0.3) is 11.0 Å². The molecule has 1 saturated heterocycles. The lowest BCUT2D eigenvalue weighted by Crippen LogP contribution is -2.35. The fourth-order valence-corrected chi connectivity index (χ4v) is 4.92. The topological polar surface area (TPSA) is 114 Å². The zero-order valence-corrected chi connectivity index (χ0v) is 22.8. The molecule has 0 saturated carbocycles. The van der Waals surface area contributed by atoms with Gasteiger partial charge < -0.3 is 19.5 Å². The van der Waals surface area contributed by atoms with Crippen LogP contribution in [-0.2, 0) is 17.6 Å². The van der Waals surface area contributed by atoms with Crippen molar-refractivity contribution in [1.29, 1.82) is 5.26 Å². The van der Waals surface area contributed by atoms with E-state index in [1.54, 1.807) is 21.6 Å². The number of nitrogens with zero attached hydrogens (tertiary/aromatic N) is 5. The fraction of sp³-hybridized carbons (Fsp3) is 0.379. The molecule has 0 bridgehead atoms. The summed E-state index contributed by atoms with van der Waals surface area (Å²) in [6, 6.07) is 8.93. The molecule has 1 fully saturated rings. The molecule has 1 atom stereocenters. The number of carbonyl (C=O) groups is 2. The van der Waals surface area contributed by atoms with Gasteiger partial charge in [0, 0.05) is 31.3 Å². The van der Waals surface area contributed by atoms with Gasteiger partial charge in [-0.2, -0.15) is 18.4 Å². The van der Waals surface area contributed by atoms with Crippen molar-refractivity contribution in [3.05, 3.63) is 70.8 Å². The van der Waals surface area contributed by atoms with Crippen LogP contribution in [0.2, 0.25) is 0 Å². The fourth-order valence-electron chi connectivity index (χ4n) is 4.92. The number of hydrogen-bond donors (Lipinski definition) is 2. The van der Waals surface area contributed by atoms with Crippen molar-refractivity contribution in [3.63, 3.8) is 0 Å². The van der Waals surface area contributed by atoms with E-state index in [4.69, 9.17) is 0 Å². The van der Waals surface area contributed by atoms with Gasteiger partial charge in [0.1, 0.15) is 6.07 Å². The van der Waals surface area contributed by atoms with Crippen LogP contribution in [0.1, 0.15) is 52.4 Å². The van der Waals surface area contributed by atoms with Crippen molar-refractivity contribution >= 4 is 28.8 Å². The number of imidazole rings is 1. The molecule has 9 nitrogen and oxygen atoms in total. The van der Waals surface area contributed by atoms with E-state index >= 15 is 0 Å². The van der Waals surface area contributed by atoms with Crippen molar-refractivity contribution in [2.45, 2.75) is 38.1 Å². The standard InChI is InChI=1S/C29H31F3N6O3/c1-36(2)11-6-10-25(40)37-12-4-3-9-23(17-37)38-26-21(16-33)13-19(18-39)14-24(26)34-28(38)35-27(41)20-7-5-8-22(15-20)29(30,31)32/h5-8,10,13-15,23,39H,3-4,9,11-12,17-18H2,1-2H3,(H,34,35,41). The van der Waals surface area contributed by atoms with Gasteiger partial charge in [-0.1, -0.05) is 12.1 Å². The van der Waals surface area contributed by atoms with Gasteiger partial charge in [0.25, 0.3) is 5.91 Å². The SMILES string of the molecule is CN(C)CC=CC(=O)N1CCCCC(n2c(NC(=O)c3cccc(C(F)(F)F)c3)nc3cc(CO)cc(C#N)c32)C1. The normalized spacial score (nSPS) is 16.2. The number of halogens is 3. The van der Waals surface area contributed by atoms with Gasteiger partial charge >= 0.3 is 6.18 Å². The highest BCUT2D eigenvalue weighted by atomic mass is 19.4. The van der Waals surface area contributed by atoms with Crippen LogP contribution < -0.4 is 5.32 Å². The Labute approximate surface area is 235 Å². The van der Waals surface area contributed by atoms with Gasteiger partial charge in [0.05, 0.1) is 34.8 Å². The largest absolute Gasteiger partial charge is 0.416 e. The summed E-state index contributed by atoms with van der Waals surface area (Å²) in [6.07, 6.45) is 0.798. The molecule has 3 aromatic rings.